The van der Waals surface area contributed by atoms with E-state index in [4.69, 9.17) is 0 Å². The molecule has 0 aliphatic rings. The van der Waals surface area contributed by atoms with Crippen molar-refractivity contribution in [3.8, 4) is 0 Å². The molecule has 23 heavy (non-hydrogen) atoms. The number of carbonyl (C=O) groups is 2. The van der Waals surface area contributed by atoms with Gasteiger partial charge in [-0.25, -0.2) is 0 Å². The SMILES string of the molecule is CC(O)CN(C(=O)c1cccc(NC(=O)C(C)(C)C)c1)C(C)C. The fraction of sp³-hybridized carbons (Fsp3) is 0.556. The van der Waals surface area contributed by atoms with E-state index in [9.17, 15) is 14.7 Å². The van der Waals surface area contributed by atoms with Crippen LogP contribution >= 0.6 is 0 Å². The molecule has 2 amide bonds. The summed E-state index contributed by atoms with van der Waals surface area (Å²) in [6.45, 7) is 11.2. The topological polar surface area (TPSA) is 69.6 Å². The summed E-state index contributed by atoms with van der Waals surface area (Å²) in [6.07, 6.45) is -0.592. The number of hydrogen-bond donors (Lipinski definition) is 2. The van der Waals surface area contributed by atoms with Crippen LogP contribution in [0, 0.1) is 5.41 Å². The summed E-state index contributed by atoms with van der Waals surface area (Å²) >= 11 is 0. The van der Waals surface area contributed by atoms with Gasteiger partial charge in [-0.2, -0.15) is 0 Å². The Kier molecular flexibility index (Phi) is 6.33. The van der Waals surface area contributed by atoms with Crippen LogP contribution < -0.4 is 5.32 Å². The summed E-state index contributed by atoms with van der Waals surface area (Å²) in [5.41, 5.74) is 0.582. The van der Waals surface area contributed by atoms with Crippen LogP contribution in [0.25, 0.3) is 0 Å². The van der Waals surface area contributed by atoms with Gasteiger partial charge in [-0.1, -0.05) is 26.8 Å². The number of carbonyl (C=O) groups excluding carboxylic acids is 2. The van der Waals surface area contributed by atoms with E-state index in [1.807, 2.05) is 34.6 Å². The van der Waals surface area contributed by atoms with Gasteiger partial charge in [0.15, 0.2) is 0 Å². The van der Waals surface area contributed by atoms with Crippen molar-refractivity contribution in [2.45, 2.75) is 53.7 Å². The maximum absolute atomic E-state index is 12.7. The molecule has 5 nitrogen and oxygen atoms in total. The molecule has 0 saturated heterocycles. The molecule has 0 spiro atoms. The monoisotopic (exact) mass is 320 g/mol. The Morgan fingerprint density at radius 3 is 2.30 bits per heavy atom. The van der Waals surface area contributed by atoms with Gasteiger partial charge in [0.1, 0.15) is 0 Å². The Bertz CT molecular complexity index is 560. The van der Waals surface area contributed by atoms with E-state index >= 15 is 0 Å². The van der Waals surface area contributed by atoms with Gasteiger partial charge >= 0.3 is 0 Å². The van der Waals surface area contributed by atoms with E-state index in [2.05, 4.69) is 5.32 Å². The number of nitrogens with zero attached hydrogens (tertiary/aromatic N) is 1. The van der Waals surface area contributed by atoms with Crippen molar-refractivity contribution in [3.05, 3.63) is 29.8 Å². The third-order valence-corrected chi connectivity index (χ3v) is 3.39. The standard InChI is InChI=1S/C18H28N2O3/c1-12(2)20(11-13(3)21)16(22)14-8-7-9-15(10-14)19-17(23)18(4,5)6/h7-10,12-13,21H,11H2,1-6H3,(H,19,23). The van der Waals surface area contributed by atoms with E-state index in [0.29, 0.717) is 11.3 Å². The Balaban J connectivity index is 2.98. The summed E-state index contributed by atoms with van der Waals surface area (Å²) < 4.78 is 0. The molecule has 0 heterocycles. The second kappa shape index (κ2) is 7.59. The maximum Gasteiger partial charge on any atom is 0.254 e. The van der Waals surface area contributed by atoms with E-state index in [0.717, 1.165) is 0 Å². The minimum atomic E-state index is -0.592. The molecule has 0 fully saturated rings. The zero-order valence-corrected chi connectivity index (χ0v) is 14.9. The number of anilines is 1. The third-order valence-electron chi connectivity index (χ3n) is 3.39. The summed E-state index contributed by atoms with van der Waals surface area (Å²) in [4.78, 5) is 26.3. The van der Waals surface area contributed by atoms with Gasteiger partial charge in [0, 0.05) is 29.3 Å². The maximum atomic E-state index is 12.7. The molecule has 0 radical (unpaired) electrons. The van der Waals surface area contributed by atoms with Crippen molar-refractivity contribution in [2.75, 3.05) is 11.9 Å². The predicted octanol–water partition coefficient (Wildman–Crippen LogP) is 2.90. The smallest absolute Gasteiger partial charge is 0.254 e. The first-order valence-corrected chi connectivity index (χ1v) is 7.93. The highest BCUT2D eigenvalue weighted by Crippen LogP contribution is 2.19. The average Bonchev–Trinajstić information content (AvgIpc) is 2.42. The first-order valence-electron chi connectivity index (χ1n) is 7.93. The highest BCUT2D eigenvalue weighted by atomic mass is 16.3. The quantitative estimate of drug-likeness (QED) is 0.876. The van der Waals surface area contributed by atoms with Crippen molar-refractivity contribution in [2.24, 2.45) is 5.41 Å². The molecule has 0 aliphatic heterocycles. The van der Waals surface area contributed by atoms with E-state index < -0.39 is 11.5 Å². The molecule has 1 atom stereocenters. The second-order valence-corrected chi connectivity index (χ2v) is 7.19. The van der Waals surface area contributed by atoms with E-state index in [-0.39, 0.29) is 24.4 Å². The zero-order chi connectivity index (χ0) is 17.8. The molecule has 0 aliphatic carbocycles. The van der Waals surface area contributed by atoms with Crippen LogP contribution in [-0.4, -0.2) is 40.5 Å². The lowest BCUT2D eigenvalue weighted by Gasteiger charge is -2.28. The Morgan fingerprint density at radius 2 is 1.83 bits per heavy atom. The largest absolute Gasteiger partial charge is 0.392 e. The number of nitrogens with one attached hydrogen (secondary N) is 1. The van der Waals surface area contributed by atoms with Gasteiger partial charge in [0.05, 0.1) is 6.10 Å². The number of benzene rings is 1. The van der Waals surface area contributed by atoms with Crippen LogP contribution in [-0.2, 0) is 4.79 Å². The lowest BCUT2D eigenvalue weighted by Crippen LogP contribution is -2.41. The summed E-state index contributed by atoms with van der Waals surface area (Å²) in [5.74, 6) is -0.264. The van der Waals surface area contributed by atoms with Crippen molar-refractivity contribution in [3.63, 3.8) is 0 Å². The lowest BCUT2D eigenvalue weighted by atomic mass is 9.95. The van der Waals surface area contributed by atoms with Crippen LogP contribution in [0.15, 0.2) is 24.3 Å². The highest BCUT2D eigenvalue weighted by Gasteiger charge is 2.23. The first-order chi connectivity index (χ1) is 10.5. The normalized spacial score (nSPS) is 12.9. The molecular weight excluding hydrogens is 292 g/mol. The van der Waals surface area contributed by atoms with Crippen LogP contribution in [0.4, 0.5) is 5.69 Å². The molecule has 5 heteroatoms. The fourth-order valence-electron chi connectivity index (χ4n) is 2.03. The van der Waals surface area contributed by atoms with Crippen molar-refractivity contribution in [1.29, 1.82) is 0 Å². The number of hydrogen-bond acceptors (Lipinski definition) is 3. The molecule has 1 aromatic carbocycles. The Labute approximate surface area is 138 Å². The number of amides is 2. The van der Waals surface area contributed by atoms with Gasteiger partial charge in [-0.05, 0) is 39.0 Å². The van der Waals surface area contributed by atoms with Crippen LogP contribution in [0.2, 0.25) is 0 Å². The van der Waals surface area contributed by atoms with Gasteiger partial charge in [-0.3, -0.25) is 9.59 Å². The summed E-state index contributed by atoms with van der Waals surface area (Å²) in [6, 6.07) is 6.86. The molecule has 2 N–H and O–H groups in total. The number of aliphatic hydroxyl groups is 1. The minimum absolute atomic E-state index is 0.0232. The van der Waals surface area contributed by atoms with Crippen LogP contribution in [0.3, 0.4) is 0 Å². The van der Waals surface area contributed by atoms with Gasteiger partial charge < -0.3 is 15.3 Å². The number of aliphatic hydroxyl groups excluding tert-OH is 1. The van der Waals surface area contributed by atoms with Gasteiger partial charge in [-0.15, -0.1) is 0 Å². The highest BCUT2D eigenvalue weighted by molar-refractivity contribution is 5.98. The molecule has 128 valence electrons. The molecular formula is C18H28N2O3. The molecule has 0 aromatic heterocycles. The molecule has 0 bridgehead atoms. The average molecular weight is 320 g/mol. The predicted molar refractivity (Wildman–Crippen MR) is 92.4 cm³/mol. The van der Waals surface area contributed by atoms with Crippen molar-refractivity contribution in [1.82, 2.24) is 4.90 Å². The minimum Gasteiger partial charge on any atom is -0.392 e. The molecule has 0 saturated carbocycles. The first kappa shape index (κ1) is 19.2. The summed E-state index contributed by atoms with van der Waals surface area (Å²) in [7, 11) is 0. The Morgan fingerprint density at radius 1 is 1.22 bits per heavy atom. The Hall–Kier alpha value is -1.88. The van der Waals surface area contributed by atoms with E-state index in [1.54, 1.807) is 36.1 Å². The third kappa shape index (κ3) is 5.67. The molecule has 1 aromatic rings. The zero-order valence-electron chi connectivity index (χ0n) is 14.9. The fourth-order valence-corrected chi connectivity index (χ4v) is 2.03. The van der Waals surface area contributed by atoms with Gasteiger partial charge in [0.2, 0.25) is 5.91 Å². The van der Waals surface area contributed by atoms with Crippen LogP contribution in [0.5, 0.6) is 0 Å². The number of rotatable bonds is 5. The van der Waals surface area contributed by atoms with E-state index in [1.165, 1.54) is 0 Å². The van der Waals surface area contributed by atoms with Crippen molar-refractivity contribution >= 4 is 17.5 Å². The molecule has 1 unspecified atom stereocenters. The lowest BCUT2D eigenvalue weighted by molar-refractivity contribution is -0.123. The molecule has 1 rings (SSSR count). The van der Waals surface area contributed by atoms with Crippen LogP contribution in [0.1, 0.15) is 51.9 Å². The summed E-state index contributed by atoms with van der Waals surface area (Å²) in [5, 5.41) is 12.4. The van der Waals surface area contributed by atoms with Crippen molar-refractivity contribution < 1.29 is 14.7 Å². The van der Waals surface area contributed by atoms with Gasteiger partial charge in [0.25, 0.3) is 5.91 Å². The second-order valence-electron chi connectivity index (χ2n) is 7.19.